The lowest BCUT2D eigenvalue weighted by Crippen LogP contribution is -2.38. The number of nitrogens with zero attached hydrogens (tertiary/aromatic N) is 2. The first-order chi connectivity index (χ1) is 18.7. The number of anilines is 2. The fourth-order valence-corrected chi connectivity index (χ4v) is 5.84. The highest BCUT2D eigenvalue weighted by Crippen LogP contribution is 2.30. The Morgan fingerprint density at radius 1 is 1.03 bits per heavy atom. The Morgan fingerprint density at radius 3 is 2.51 bits per heavy atom. The van der Waals surface area contributed by atoms with Crippen LogP contribution in [0, 0.1) is 11.3 Å². The highest BCUT2D eigenvalue weighted by atomic mass is 16.5. The van der Waals surface area contributed by atoms with Gasteiger partial charge in [0.25, 0.3) is 5.91 Å². The molecule has 1 unspecified atom stereocenters. The maximum Gasteiger partial charge on any atom is 0.253 e. The molecule has 0 saturated carbocycles. The quantitative estimate of drug-likeness (QED) is 0.415. The lowest BCUT2D eigenvalue weighted by Gasteiger charge is -2.32. The van der Waals surface area contributed by atoms with Crippen molar-refractivity contribution in [2.75, 3.05) is 56.2 Å². The van der Waals surface area contributed by atoms with Crippen molar-refractivity contribution in [2.45, 2.75) is 59.9 Å². The minimum atomic E-state index is -0.0944. The summed E-state index contributed by atoms with van der Waals surface area (Å²) in [4.78, 5) is 31.0. The van der Waals surface area contributed by atoms with Crippen molar-refractivity contribution in [1.82, 2.24) is 10.2 Å². The van der Waals surface area contributed by atoms with Gasteiger partial charge < -0.3 is 20.3 Å². The largest absolute Gasteiger partial charge is 0.379 e. The van der Waals surface area contributed by atoms with Crippen LogP contribution in [-0.2, 0) is 22.5 Å². The SMILES string of the molecule is CC(CC(=O)Nc1ccc(N2CCc3ccccc3C2)c(C(=O)NCCCN2CCOCC2)c1)CC(C)(C)C. The Morgan fingerprint density at radius 2 is 1.77 bits per heavy atom. The van der Waals surface area contributed by atoms with E-state index in [1.54, 1.807) is 0 Å². The van der Waals surface area contributed by atoms with Crippen molar-refractivity contribution in [3.63, 3.8) is 0 Å². The average Bonchev–Trinajstić information content (AvgIpc) is 2.90. The molecule has 1 saturated heterocycles. The topological polar surface area (TPSA) is 73.9 Å². The minimum Gasteiger partial charge on any atom is -0.379 e. The standard InChI is InChI=1S/C32H46N4O3/c1-24(22-32(2,3)4)20-30(37)34-27-10-11-29(36-15-12-25-8-5-6-9-26(25)23-36)28(21-27)31(38)33-13-7-14-35-16-18-39-19-17-35/h5-6,8-11,21,24H,7,12-20,22-23H2,1-4H3,(H,33,38)(H,34,37). The van der Waals surface area contributed by atoms with Crippen molar-refractivity contribution in [3.8, 4) is 0 Å². The van der Waals surface area contributed by atoms with Gasteiger partial charge in [-0.3, -0.25) is 14.5 Å². The fraction of sp³-hybridized carbons (Fsp3) is 0.562. The van der Waals surface area contributed by atoms with E-state index in [-0.39, 0.29) is 23.1 Å². The highest BCUT2D eigenvalue weighted by molar-refractivity contribution is 6.02. The Balaban J connectivity index is 1.45. The lowest BCUT2D eigenvalue weighted by molar-refractivity contribution is -0.117. The Hall–Kier alpha value is -2.90. The first-order valence-corrected chi connectivity index (χ1v) is 14.5. The molecule has 0 aliphatic carbocycles. The first-order valence-electron chi connectivity index (χ1n) is 14.5. The van der Waals surface area contributed by atoms with E-state index in [0.29, 0.717) is 24.2 Å². The Bertz CT molecular complexity index is 1120. The molecule has 0 bridgehead atoms. The molecule has 0 aromatic heterocycles. The van der Waals surface area contributed by atoms with E-state index in [9.17, 15) is 9.59 Å². The summed E-state index contributed by atoms with van der Waals surface area (Å²) in [5, 5.41) is 6.19. The summed E-state index contributed by atoms with van der Waals surface area (Å²) in [5.41, 5.74) is 5.04. The van der Waals surface area contributed by atoms with E-state index in [1.165, 1.54) is 11.1 Å². The summed E-state index contributed by atoms with van der Waals surface area (Å²) in [6, 6.07) is 14.3. The maximum atomic E-state index is 13.5. The molecule has 2 amide bonds. The monoisotopic (exact) mass is 534 g/mol. The maximum absolute atomic E-state index is 13.5. The molecule has 0 spiro atoms. The van der Waals surface area contributed by atoms with Gasteiger partial charge in [-0.2, -0.15) is 0 Å². The van der Waals surface area contributed by atoms with Crippen molar-refractivity contribution in [2.24, 2.45) is 11.3 Å². The second kappa shape index (κ2) is 13.4. The van der Waals surface area contributed by atoms with E-state index >= 15 is 0 Å². The third-order valence-corrected chi connectivity index (χ3v) is 7.53. The smallest absolute Gasteiger partial charge is 0.253 e. The molecule has 1 fully saturated rings. The van der Waals surface area contributed by atoms with Crippen LogP contribution in [0.1, 0.15) is 68.4 Å². The van der Waals surface area contributed by atoms with E-state index in [0.717, 1.165) is 70.9 Å². The van der Waals surface area contributed by atoms with Crippen molar-refractivity contribution >= 4 is 23.2 Å². The fourth-order valence-electron chi connectivity index (χ4n) is 5.84. The summed E-state index contributed by atoms with van der Waals surface area (Å²) in [6.07, 6.45) is 3.28. The van der Waals surface area contributed by atoms with Crippen LogP contribution >= 0.6 is 0 Å². The zero-order chi connectivity index (χ0) is 27.8. The first kappa shape index (κ1) is 29.1. The lowest BCUT2D eigenvalue weighted by atomic mass is 9.84. The number of rotatable bonds is 10. The molecule has 2 aromatic rings. The molecule has 39 heavy (non-hydrogen) atoms. The van der Waals surface area contributed by atoms with E-state index in [4.69, 9.17) is 4.74 Å². The minimum absolute atomic E-state index is 0.0109. The highest BCUT2D eigenvalue weighted by Gasteiger charge is 2.23. The summed E-state index contributed by atoms with van der Waals surface area (Å²) in [5.74, 6) is 0.179. The second-order valence-electron chi connectivity index (χ2n) is 12.4. The predicted octanol–water partition coefficient (Wildman–Crippen LogP) is 5.10. The zero-order valence-electron chi connectivity index (χ0n) is 24.2. The van der Waals surface area contributed by atoms with Crippen LogP contribution in [0.2, 0.25) is 0 Å². The van der Waals surface area contributed by atoms with Gasteiger partial charge in [-0.1, -0.05) is 52.0 Å². The van der Waals surface area contributed by atoms with Crippen LogP contribution in [0.15, 0.2) is 42.5 Å². The molecule has 2 aliphatic heterocycles. The van der Waals surface area contributed by atoms with Gasteiger partial charge in [-0.05, 0) is 66.5 Å². The Labute approximate surface area is 234 Å². The average molecular weight is 535 g/mol. The number of amides is 2. The molecule has 2 heterocycles. The van der Waals surface area contributed by atoms with Gasteiger partial charge in [0, 0.05) is 50.5 Å². The normalized spacial score (nSPS) is 16.9. The number of fused-ring (bicyclic) bond motifs is 1. The molecule has 2 aromatic carbocycles. The van der Waals surface area contributed by atoms with Crippen LogP contribution in [0.25, 0.3) is 0 Å². The molecular weight excluding hydrogens is 488 g/mol. The van der Waals surface area contributed by atoms with Crippen molar-refractivity contribution < 1.29 is 14.3 Å². The van der Waals surface area contributed by atoms with Crippen molar-refractivity contribution in [3.05, 3.63) is 59.2 Å². The molecule has 7 nitrogen and oxygen atoms in total. The second-order valence-corrected chi connectivity index (χ2v) is 12.4. The molecule has 212 valence electrons. The van der Waals surface area contributed by atoms with Crippen LogP contribution < -0.4 is 15.5 Å². The van der Waals surface area contributed by atoms with Gasteiger partial charge in [0.15, 0.2) is 0 Å². The van der Waals surface area contributed by atoms with Gasteiger partial charge in [-0.15, -0.1) is 0 Å². The predicted molar refractivity (Wildman–Crippen MR) is 158 cm³/mol. The number of hydrogen-bond donors (Lipinski definition) is 2. The molecule has 1 atom stereocenters. The third-order valence-electron chi connectivity index (χ3n) is 7.53. The van der Waals surface area contributed by atoms with Crippen LogP contribution in [0.5, 0.6) is 0 Å². The van der Waals surface area contributed by atoms with Gasteiger partial charge in [0.05, 0.1) is 18.8 Å². The number of benzene rings is 2. The van der Waals surface area contributed by atoms with E-state index in [2.05, 4.69) is 72.4 Å². The van der Waals surface area contributed by atoms with Gasteiger partial charge in [0.2, 0.25) is 5.91 Å². The number of carbonyl (C=O) groups excluding carboxylic acids is 2. The van der Waals surface area contributed by atoms with E-state index in [1.807, 2.05) is 18.2 Å². The molecular formula is C32H46N4O3. The molecule has 7 heteroatoms. The van der Waals surface area contributed by atoms with Gasteiger partial charge in [-0.25, -0.2) is 0 Å². The molecule has 0 radical (unpaired) electrons. The van der Waals surface area contributed by atoms with Crippen molar-refractivity contribution in [1.29, 1.82) is 0 Å². The molecule has 2 aliphatic rings. The third kappa shape index (κ3) is 8.80. The number of hydrogen-bond acceptors (Lipinski definition) is 5. The summed E-state index contributed by atoms with van der Waals surface area (Å²) >= 11 is 0. The van der Waals surface area contributed by atoms with Crippen LogP contribution in [0.3, 0.4) is 0 Å². The van der Waals surface area contributed by atoms with Crippen LogP contribution in [-0.4, -0.2) is 62.7 Å². The van der Waals surface area contributed by atoms with Gasteiger partial charge >= 0.3 is 0 Å². The van der Waals surface area contributed by atoms with Gasteiger partial charge in [0.1, 0.15) is 0 Å². The van der Waals surface area contributed by atoms with Crippen LogP contribution in [0.4, 0.5) is 11.4 Å². The Kier molecular flexibility index (Phi) is 10.0. The number of morpholine rings is 1. The summed E-state index contributed by atoms with van der Waals surface area (Å²) in [7, 11) is 0. The number of nitrogens with one attached hydrogen (secondary N) is 2. The summed E-state index contributed by atoms with van der Waals surface area (Å²) < 4.78 is 5.43. The molecule has 2 N–H and O–H groups in total. The number of ether oxygens (including phenoxy) is 1. The number of carbonyl (C=O) groups is 2. The van der Waals surface area contributed by atoms with E-state index < -0.39 is 0 Å². The summed E-state index contributed by atoms with van der Waals surface area (Å²) in [6.45, 7) is 15.4. The molecule has 4 rings (SSSR count). The zero-order valence-corrected chi connectivity index (χ0v) is 24.2.